The Morgan fingerprint density at radius 3 is 2.44 bits per heavy atom. The van der Waals surface area contributed by atoms with Gasteiger partial charge in [-0.1, -0.05) is 42.5 Å². The number of hydrazine groups is 1. The van der Waals surface area contributed by atoms with E-state index in [0.29, 0.717) is 48.3 Å². The number of amidine groups is 1. The normalized spacial score (nSPS) is 21.7. The molecule has 2 aromatic carbocycles. The van der Waals surface area contributed by atoms with Crippen LogP contribution in [0.15, 0.2) is 53.5 Å². The predicted octanol–water partition coefficient (Wildman–Crippen LogP) is 2.79. The van der Waals surface area contributed by atoms with E-state index in [4.69, 9.17) is 20.3 Å². The van der Waals surface area contributed by atoms with Gasteiger partial charge in [-0.25, -0.2) is 5.84 Å². The van der Waals surface area contributed by atoms with E-state index in [1.807, 2.05) is 36.4 Å². The van der Waals surface area contributed by atoms with E-state index in [9.17, 15) is 4.79 Å². The average molecular weight is 492 g/mol. The van der Waals surface area contributed by atoms with Crippen LogP contribution >= 0.6 is 0 Å². The van der Waals surface area contributed by atoms with E-state index in [1.165, 1.54) is 18.4 Å². The highest BCUT2D eigenvalue weighted by Crippen LogP contribution is 2.71. The number of hydrogen-bond acceptors (Lipinski definition) is 6. The van der Waals surface area contributed by atoms with Gasteiger partial charge in [-0.05, 0) is 42.7 Å². The maximum Gasteiger partial charge on any atom is 0.226 e. The second-order valence-electron chi connectivity index (χ2n) is 10.1. The zero-order valence-electron chi connectivity index (χ0n) is 21.3. The predicted molar refractivity (Wildman–Crippen MR) is 140 cm³/mol. The molecule has 2 unspecified atom stereocenters. The lowest BCUT2D eigenvalue weighted by molar-refractivity contribution is -0.135. The summed E-state index contributed by atoms with van der Waals surface area (Å²) in [5, 5.41) is 0. The van der Waals surface area contributed by atoms with Gasteiger partial charge in [-0.2, -0.15) is 0 Å². The summed E-state index contributed by atoms with van der Waals surface area (Å²) < 4.78 is 11.4. The average Bonchev–Trinajstić information content (AvgIpc) is 3.86. The van der Waals surface area contributed by atoms with E-state index in [2.05, 4.69) is 27.4 Å². The monoisotopic (exact) mass is 491 g/mol. The number of para-hydroxylation sites is 1. The molecule has 36 heavy (non-hydrogen) atoms. The van der Waals surface area contributed by atoms with Gasteiger partial charge in [-0.3, -0.25) is 14.7 Å². The van der Waals surface area contributed by atoms with Crippen molar-refractivity contribution >= 4 is 11.7 Å². The molecule has 1 spiro atoms. The molecule has 3 aliphatic rings. The third kappa shape index (κ3) is 4.92. The molecule has 2 aromatic rings. The van der Waals surface area contributed by atoms with Crippen molar-refractivity contribution in [2.45, 2.75) is 31.7 Å². The zero-order chi connectivity index (χ0) is 25.1. The van der Waals surface area contributed by atoms with E-state index in [0.717, 1.165) is 31.5 Å². The Hall–Kier alpha value is -3.10. The molecular weight excluding hydrogens is 454 g/mol. The topological polar surface area (TPSA) is 92.4 Å². The highest BCUT2D eigenvalue weighted by Gasteiger charge is 2.66. The number of piperazine rings is 1. The van der Waals surface area contributed by atoms with Gasteiger partial charge in [0.25, 0.3) is 0 Å². The quantitative estimate of drug-likeness (QED) is 0.243. The summed E-state index contributed by atoms with van der Waals surface area (Å²) in [6.45, 7) is 3.48. The number of hydrogen-bond donors (Lipinski definition) is 2. The maximum atomic E-state index is 13.0. The first-order chi connectivity index (χ1) is 17.6. The highest BCUT2D eigenvalue weighted by molar-refractivity contribution is 5.89. The van der Waals surface area contributed by atoms with Crippen LogP contribution in [0.25, 0.3) is 0 Å². The molecule has 8 heteroatoms. The summed E-state index contributed by atoms with van der Waals surface area (Å²) in [4.78, 5) is 22.3. The minimum absolute atomic E-state index is 0.247. The lowest BCUT2D eigenvalue weighted by Crippen LogP contribution is -2.53. The largest absolute Gasteiger partial charge is 0.493 e. The number of carbonyl (C=O) groups is 1. The lowest BCUT2D eigenvalue weighted by atomic mass is 10.0. The summed E-state index contributed by atoms with van der Waals surface area (Å²) in [6.07, 6.45) is 4.36. The molecule has 2 atom stereocenters. The fourth-order valence-electron chi connectivity index (χ4n) is 5.64. The van der Waals surface area contributed by atoms with Gasteiger partial charge < -0.3 is 19.8 Å². The summed E-state index contributed by atoms with van der Waals surface area (Å²) >= 11 is 0. The second-order valence-corrected chi connectivity index (χ2v) is 10.1. The molecule has 1 aliphatic heterocycles. The molecule has 3 fully saturated rings. The molecule has 8 nitrogen and oxygen atoms in total. The van der Waals surface area contributed by atoms with Crippen LogP contribution in [0.4, 0.5) is 0 Å². The molecule has 1 saturated heterocycles. The van der Waals surface area contributed by atoms with E-state index >= 15 is 0 Å². The molecule has 5 rings (SSSR count). The number of amides is 1. The Morgan fingerprint density at radius 2 is 1.83 bits per heavy atom. The summed E-state index contributed by atoms with van der Waals surface area (Å²) in [6, 6.07) is 16.0. The second kappa shape index (κ2) is 10.5. The van der Waals surface area contributed by atoms with Crippen LogP contribution in [-0.4, -0.2) is 68.5 Å². The number of nitrogens with one attached hydrogen (secondary N) is 1. The van der Waals surface area contributed by atoms with Crippen LogP contribution in [0.5, 0.6) is 11.5 Å². The fourth-order valence-corrected chi connectivity index (χ4v) is 5.64. The molecule has 0 aromatic heterocycles. The summed E-state index contributed by atoms with van der Waals surface area (Å²) in [7, 11) is 3.29. The lowest BCUT2D eigenvalue weighted by Gasteiger charge is -2.40. The Morgan fingerprint density at radius 1 is 1.08 bits per heavy atom. The number of rotatable bonds is 9. The Bertz CT molecular complexity index is 1090. The van der Waals surface area contributed by atoms with E-state index < -0.39 is 0 Å². The first kappa shape index (κ1) is 24.6. The van der Waals surface area contributed by atoms with Gasteiger partial charge in [-0.15, -0.1) is 0 Å². The minimum atomic E-state index is -0.247. The van der Waals surface area contributed by atoms with Crippen molar-refractivity contribution in [3.05, 3.63) is 59.7 Å². The Balaban J connectivity index is 1.37. The first-order valence-corrected chi connectivity index (χ1v) is 12.9. The Labute approximate surface area is 213 Å². The van der Waals surface area contributed by atoms with Crippen LogP contribution < -0.4 is 20.7 Å². The molecule has 1 amide bonds. The van der Waals surface area contributed by atoms with Crippen molar-refractivity contribution in [1.82, 2.24) is 15.2 Å². The molecule has 0 bridgehead atoms. The molecule has 3 N–H and O–H groups in total. The van der Waals surface area contributed by atoms with Crippen molar-refractivity contribution in [3.8, 4) is 11.5 Å². The van der Waals surface area contributed by atoms with Crippen LogP contribution in [0.2, 0.25) is 0 Å². The number of aliphatic imine (C=N–C) groups is 1. The zero-order valence-corrected chi connectivity index (χ0v) is 21.3. The molecule has 192 valence electrons. The van der Waals surface area contributed by atoms with E-state index in [-0.39, 0.29) is 12.0 Å². The number of carbonyl (C=O) groups excluding carboxylic acids is 1. The number of benzene rings is 2. The molecule has 1 heterocycles. The molecule has 0 radical (unpaired) electrons. The van der Waals surface area contributed by atoms with Crippen molar-refractivity contribution in [3.63, 3.8) is 0 Å². The van der Waals surface area contributed by atoms with Gasteiger partial charge in [0, 0.05) is 44.2 Å². The van der Waals surface area contributed by atoms with Gasteiger partial charge in [0.15, 0.2) is 11.5 Å². The standard InChI is InChI=1S/C28H37N5O3/c1-35-23-10-6-9-21(25(23)36-2)24(26(31-29)30-14-11-20-7-4-3-5-8-20)32-15-17-33(18-16-32)27(34)22-19-28(22)12-13-28/h3-10,22,24H,11-19,29H2,1-2H3,(H,30,31). The van der Waals surface area contributed by atoms with Crippen LogP contribution in [0.3, 0.4) is 0 Å². The van der Waals surface area contributed by atoms with Gasteiger partial charge >= 0.3 is 0 Å². The van der Waals surface area contributed by atoms with Crippen LogP contribution in [0.1, 0.15) is 36.4 Å². The number of nitrogens with zero attached hydrogens (tertiary/aromatic N) is 3. The maximum absolute atomic E-state index is 13.0. The summed E-state index contributed by atoms with van der Waals surface area (Å²) in [5.74, 6) is 8.69. The summed E-state index contributed by atoms with van der Waals surface area (Å²) in [5.41, 5.74) is 5.43. The number of nitrogens with two attached hydrogens (primary N) is 1. The van der Waals surface area contributed by atoms with Crippen LogP contribution in [0, 0.1) is 11.3 Å². The SMILES string of the molecule is COc1cccc(C(C(=NCCc2ccccc2)NN)N2CCN(C(=O)C3CC34CC4)CC2)c1OC. The molecular formula is C28H37N5O3. The van der Waals surface area contributed by atoms with Crippen LogP contribution in [-0.2, 0) is 11.2 Å². The smallest absolute Gasteiger partial charge is 0.226 e. The van der Waals surface area contributed by atoms with E-state index in [1.54, 1.807) is 14.2 Å². The third-order valence-electron chi connectivity index (χ3n) is 8.03. The fraction of sp³-hybridized carbons (Fsp3) is 0.500. The van der Waals surface area contributed by atoms with Gasteiger partial charge in [0.05, 0.1) is 20.3 Å². The van der Waals surface area contributed by atoms with Crippen molar-refractivity contribution < 1.29 is 14.3 Å². The van der Waals surface area contributed by atoms with Crippen molar-refractivity contribution in [1.29, 1.82) is 0 Å². The molecule has 2 aliphatic carbocycles. The number of ether oxygens (including phenoxy) is 2. The number of methoxy groups -OCH3 is 2. The Kier molecular flexibility index (Phi) is 7.16. The van der Waals surface area contributed by atoms with Crippen molar-refractivity contribution in [2.75, 3.05) is 46.9 Å². The minimum Gasteiger partial charge on any atom is -0.493 e. The first-order valence-electron chi connectivity index (χ1n) is 12.9. The third-order valence-corrected chi connectivity index (χ3v) is 8.03. The van der Waals surface area contributed by atoms with Gasteiger partial charge in [0.2, 0.25) is 5.91 Å². The van der Waals surface area contributed by atoms with Crippen molar-refractivity contribution in [2.24, 2.45) is 22.2 Å². The van der Waals surface area contributed by atoms with Gasteiger partial charge in [0.1, 0.15) is 5.84 Å². The molecule has 2 saturated carbocycles. The highest BCUT2D eigenvalue weighted by atomic mass is 16.5.